The molecule has 0 saturated heterocycles. The average Bonchev–Trinajstić information content (AvgIpc) is 2.74. The van der Waals surface area contributed by atoms with Crippen molar-refractivity contribution < 1.29 is 19.8 Å². The lowest BCUT2D eigenvalue weighted by atomic mass is 10.0. The maximum atomic E-state index is 11.6. The summed E-state index contributed by atoms with van der Waals surface area (Å²) in [7, 11) is 0. The van der Waals surface area contributed by atoms with Crippen LogP contribution in [0.2, 0.25) is 0 Å². The van der Waals surface area contributed by atoms with Gasteiger partial charge in [-0.05, 0) is 25.7 Å². The molecule has 92 valence electrons. The standard InChI is InChI=1S/C11H19NO4/c1-2-9(13)6-12-10(14)7-3-4-8(5-7)11(15)16/h7-9,13H,2-6H2,1H3,(H,12,14)(H,15,16). The van der Waals surface area contributed by atoms with E-state index < -0.39 is 12.1 Å². The van der Waals surface area contributed by atoms with Crippen molar-refractivity contribution in [2.24, 2.45) is 11.8 Å². The molecular weight excluding hydrogens is 210 g/mol. The van der Waals surface area contributed by atoms with Crippen molar-refractivity contribution in [2.75, 3.05) is 6.54 Å². The highest BCUT2D eigenvalue weighted by atomic mass is 16.4. The summed E-state index contributed by atoms with van der Waals surface area (Å²) in [6.07, 6.45) is 1.71. The van der Waals surface area contributed by atoms with Crippen molar-refractivity contribution in [3.05, 3.63) is 0 Å². The third-order valence-corrected chi connectivity index (χ3v) is 3.14. The van der Waals surface area contributed by atoms with E-state index in [9.17, 15) is 14.7 Å². The Morgan fingerprint density at radius 3 is 2.50 bits per heavy atom. The number of carboxylic acids is 1. The Morgan fingerprint density at radius 1 is 1.38 bits per heavy atom. The number of carboxylic acid groups (broad SMARTS) is 1. The SMILES string of the molecule is CCC(O)CNC(=O)C1CCC(C(=O)O)C1. The van der Waals surface area contributed by atoms with Gasteiger partial charge in [0.15, 0.2) is 0 Å². The van der Waals surface area contributed by atoms with Gasteiger partial charge in [-0.3, -0.25) is 9.59 Å². The van der Waals surface area contributed by atoms with Crippen LogP contribution in [0.25, 0.3) is 0 Å². The predicted octanol–water partition coefficient (Wildman–Crippen LogP) is 0.374. The quantitative estimate of drug-likeness (QED) is 0.636. The molecule has 1 amide bonds. The maximum absolute atomic E-state index is 11.6. The van der Waals surface area contributed by atoms with Crippen molar-refractivity contribution in [3.63, 3.8) is 0 Å². The Morgan fingerprint density at radius 2 is 2.00 bits per heavy atom. The molecule has 0 bridgehead atoms. The largest absolute Gasteiger partial charge is 0.481 e. The number of carbonyl (C=O) groups is 2. The summed E-state index contributed by atoms with van der Waals surface area (Å²) < 4.78 is 0. The monoisotopic (exact) mass is 229 g/mol. The molecule has 1 fully saturated rings. The smallest absolute Gasteiger partial charge is 0.306 e. The Bertz CT molecular complexity index is 267. The van der Waals surface area contributed by atoms with E-state index in [2.05, 4.69) is 5.32 Å². The first kappa shape index (κ1) is 13.0. The van der Waals surface area contributed by atoms with Crippen LogP contribution in [-0.2, 0) is 9.59 Å². The molecule has 0 aromatic heterocycles. The van der Waals surface area contributed by atoms with Crippen LogP contribution in [0, 0.1) is 11.8 Å². The molecule has 0 aliphatic heterocycles. The lowest BCUT2D eigenvalue weighted by Crippen LogP contribution is -2.35. The zero-order valence-corrected chi connectivity index (χ0v) is 9.48. The molecule has 16 heavy (non-hydrogen) atoms. The second kappa shape index (κ2) is 5.84. The van der Waals surface area contributed by atoms with Crippen LogP contribution in [-0.4, -0.2) is 34.7 Å². The van der Waals surface area contributed by atoms with E-state index in [1.165, 1.54) is 0 Å². The molecule has 1 saturated carbocycles. The van der Waals surface area contributed by atoms with Crippen LogP contribution in [0.4, 0.5) is 0 Å². The second-order valence-corrected chi connectivity index (χ2v) is 4.35. The van der Waals surface area contributed by atoms with Crippen LogP contribution in [0.15, 0.2) is 0 Å². The molecule has 0 spiro atoms. The normalized spacial score (nSPS) is 26.4. The number of hydrogen-bond donors (Lipinski definition) is 3. The number of aliphatic hydroxyl groups is 1. The summed E-state index contributed by atoms with van der Waals surface area (Å²) in [6, 6.07) is 0. The van der Waals surface area contributed by atoms with Gasteiger partial charge in [0.1, 0.15) is 0 Å². The molecule has 5 heteroatoms. The van der Waals surface area contributed by atoms with Crippen molar-refractivity contribution in [3.8, 4) is 0 Å². The number of aliphatic hydroxyl groups excluding tert-OH is 1. The number of aliphatic carboxylic acids is 1. The lowest BCUT2D eigenvalue weighted by molar-refractivity contribution is -0.141. The van der Waals surface area contributed by atoms with E-state index in [1.807, 2.05) is 6.92 Å². The lowest BCUT2D eigenvalue weighted by Gasteiger charge is -2.13. The minimum atomic E-state index is -0.816. The molecule has 3 unspecified atom stereocenters. The van der Waals surface area contributed by atoms with Gasteiger partial charge in [0.25, 0.3) is 0 Å². The summed E-state index contributed by atoms with van der Waals surface area (Å²) in [5.41, 5.74) is 0. The Balaban J connectivity index is 2.31. The highest BCUT2D eigenvalue weighted by molar-refractivity contribution is 5.80. The first-order valence-electron chi connectivity index (χ1n) is 5.73. The molecule has 5 nitrogen and oxygen atoms in total. The van der Waals surface area contributed by atoms with E-state index in [0.29, 0.717) is 25.7 Å². The summed E-state index contributed by atoms with van der Waals surface area (Å²) >= 11 is 0. The van der Waals surface area contributed by atoms with E-state index in [-0.39, 0.29) is 24.3 Å². The predicted molar refractivity (Wildman–Crippen MR) is 57.8 cm³/mol. The Kier molecular flexibility index (Phi) is 4.73. The molecule has 0 heterocycles. The van der Waals surface area contributed by atoms with Gasteiger partial charge in [0.05, 0.1) is 12.0 Å². The van der Waals surface area contributed by atoms with Crippen molar-refractivity contribution in [1.82, 2.24) is 5.32 Å². The molecular formula is C11H19NO4. The second-order valence-electron chi connectivity index (χ2n) is 4.35. The third kappa shape index (κ3) is 3.48. The highest BCUT2D eigenvalue weighted by Gasteiger charge is 2.33. The molecule has 0 aromatic rings. The first-order chi connectivity index (χ1) is 7.54. The number of amides is 1. The highest BCUT2D eigenvalue weighted by Crippen LogP contribution is 2.30. The number of nitrogens with one attached hydrogen (secondary N) is 1. The number of rotatable bonds is 5. The fraction of sp³-hybridized carbons (Fsp3) is 0.818. The molecule has 1 rings (SSSR count). The fourth-order valence-electron chi connectivity index (χ4n) is 1.95. The molecule has 0 aromatic carbocycles. The van der Waals surface area contributed by atoms with Crippen LogP contribution in [0.5, 0.6) is 0 Å². The summed E-state index contributed by atoms with van der Waals surface area (Å²) in [4.78, 5) is 22.3. The van der Waals surface area contributed by atoms with Gasteiger partial charge < -0.3 is 15.5 Å². The Labute approximate surface area is 94.8 Å². The summed E-state index contributed by atoms with van der Waals surface area (Å²) in [6.45, 7) is 2.09. The van der Waals surface area contributed by atoms with Gasteiger partial charge in [0, 0.05) is 12.5 Å². The van der Waals surface area contributed by atoms with Crippen LogP contribution in [0.1, 0.15) is 32.6 Å². The number of hydrogen-bond acceptors (Lipinski definition) is 3. The van der Waals surface area contributed by atoms with E-state index in [4.69, 9.17) is 5.11 Å². The summed E-state index contributed by atoms with van der Waals surface area (Å²) in [5.74, 6) is -1.53. The van der Waals surface area contributed by atoms with Crippen LogP contribution >= 0.6 is 0 Å². The fourth-order valence-corrected chi connectivity index (χ4v) is 1.95. The van der Waals surface area contributed by atoms with E-state index >= 15 is 0 Å². The van der Waals surface area contributed by atoms with E-state index in [1.54, 1.807) is 0 Å². The van der Waals surface area contributed by atoms with Gasteiger partial charge in [-0.15, -0.1) is 0 Å². The zero-order valence-electron chi connectivity index (χ0n) is 9.48. The molecule has 1 aliphatic carbocycles. The van der Waals surface area contributed by atoms with Crippen LogP contribution in [0.3, 0.4) is 0 Å². The third-order valence-electron chi connectivity index (χ3n) is 3.14. The van der Waals surface area contributed by atoms with Crippen molar-refractivity contribution in [1.29, 1.82) is 0 Å². The number of carbonyl (C=O) groups excluding carboxylic acids is 1. The van der Waals surface area contributed by atoms with E-state index in [0.717, 1.165) is 0 Å². The van der Waals surface area contributed by atoms with Crippen LogP contribution < -0.4 is 5.32 Å². The van der Waals surface area contributed by atoms with Gasteiger partial charge in [-0.2, -0.15) is 0 Å². The zero-order chi connectivity index (χ0) is 12.1. The van der Waals surface area contributed by atoms with Gasteiger partial charge in [0.2, 0.25) is 5.91 Å². The minimum Gasteiger partial charge on any atom is -0.481 e. The average molecular weight is 229 g/mol. The molecule has 3 atom stereocenters. The topological polar surface area (TPSA) is 86.6 Å². The first-order valence-corrected chi connectivity index (χ1v) is 5.73. The van der Waals surface area contributed by atoms with Gasteiger partial charge in [-0.25, -0.2) is 0 Å². The van der Waals surface area contributed by atoms with Crippen molar-refractivity contribution in [2.45, 2.75) is 38.7 Å². The van der Waals surface area contributed by atoms with Gasteiger partial charge in [-0.1, -0.05) is 6.92 Å². The Hall–Kier alpha value is -1.10. The maximum Gasteiger partial charge on any atom is 0.306 e. The molecule has 1 aliphatic rings. The summed E-state index contributed by atoms with van der Waals surface area (Å²) in [5, 5.41) is 20.7. The van der Waals surface area contributed by atoms with Gasteiger partial charge >= 0.3 is 5.97 Å². The molecule has 0 radical (unpaired) electrons. The van der Waals surface area contributed by atoms with Crippen molar-refractivity contribution >= 4 is 11.9 Å². The minimum absolute atomic E-state index is 0.128. The molecule has 3 N–H and O–H groups in total.